The minimum Gasteiger partial charge on any atom is -0.461 e. The van der Waals surface area contributed by atoms with E-state index in [9.17, 15) is 4.79 Å². The fourth-order valence-electron chi connectivity index (χ4n) is 1.98. The molecule has 0 spiro atoms. The molecule has 1 heterocycles. The van der Waals surface area contributed by atoms with Crippen molar-refractivity contribution in [2.75, 3.05) is 20.1 Å². The van der Waals surface area contributed by atoms with Gasteiger partial charge >= 0.3 is 5.97 Å². The van der Waals surface area contributed by atoms with Crippen molar-refractivity contribution in [2.45, 2.75) is 18.9 Å². The minimum absolute atomic E-state index is 0.0845. The number of esters is 1. The van der Waals surface area contributed by atoms with E-state index >= 15 is 0 Å². The molecular weight excluding hydrogens is 202 g/mol. The zero-order valence-corrected chi connectivity index (χ0v) is 9.56. The summed E-state index contributed by atoms with van der Waals surface area (Å²) in [6, 6.07) is 9.71. The van der Waals surface area contributed by atoms with Gasteiger partial charge in [0.2, 0.25) is 0 Å². The largest absolute Gasteiger partial charge is 0.461 e. The second-order valence-corrected chi connectivity index (χ2v) is 4.33. The SMILES string of the molecule is CN1CCC(OC(=O)Cc2ccccc2)C1. The van der Waals surface area contributed by atoms with Crippen molar-refractivity contribution < 1.29 is 9.53 Å². The molecule has 16 heavy (non-hydrogen) atoms. The summed E-state index contributed by atoms with van der Waals surface area (Å²) in [6.07, 6.45) is 1.42. The maximum Gasteiger partial charge on any atom is 0.310 e. The third-order valence-electron chi connectivity index (χ3n) is 2.84. The molecule has 0 aliphatic carbocycles. The van der Waals surface area contributed by atoms with E-state index in [0.29, 0.717) is 6.42 Å². The number of benzene rings is 1. The van der Waals surface area contributed by atoms with Gasteiger partial charge in [0.1, 0.15) is 6.10 Å². The second-order valence-electron chi connectivity index (χ2n) is 4.33. The Morgan fingerprint density at radius 1 is 1.44 bits per heavy atom. The quantitative estimate of drug-likeness (QED) is 0.721. The summed E-state index contributed by atoms with van der Waals surface area (Å²) in [5, 5.41) is 0. The number of rotatable bonds is 3. The predicted octanol–water partition coefficient (Wildman–Crippen LogP) is 1.48. The van der Waals surface area contributed by atoms with E-state index in [2.05, 4.69) is 4.90 Å². The highest BCUT2D eigenvalue weighted by atomic mass is 16.5. The van der Waals surface area contributed by atoms with Gasteiger partial charge in [-0.3, -0.25) is 4.79 Å². The van der Waals surface area contributed by atoms with E-state index < -0.39 is 0 Å². The Labute approximate surface area is 96.0 Å². The molecule has 3 heteroatoms. The molecule has 1 aliphatic heterocycles. The highest BCUT2D eigenvalue weighted by Crippen LogP contribution is 2.11. The number of ether oxygens (including phenoxy) is 1. The summed E-state index contributed by atoms with van der Waals surface area (Å²) in [7, 11) is 2.05. The molecule has 0 saturated carbocycles. The topological polar surface area (TPSA) is 29.5 Å². The summed E-state index contributed by atoms with van der Waals surface area (Å²) >= 11 is 0. The lowest BCUT2D eigenvalue weighted by atomic mass is 10.1. The summed E-state index contributed by atoms with van der Waals surface area (Å²) in [5.74, 6) is -0.119. The molecule has 86 valence electrons. The van der Waals surface area contributed by atoms with Crippen LogP contribution in [0.3, 0.4) is 0 Å². The van der Waals surface area contributed by atoms with Crippen LogP contribution in [0.5, 0.6) is 0 Å². The van der Waals surface area contributed by atoms with Gasteiger partial charge in [-0.2, -0.15) is 0 Å². The summed E-state index contributed by atoms with van der Waals surface area (Å²) < 4.78 is 5.41. The molecule has 1 aromatic carbocycles. The Morgan fingerprint density at radius 2 is 2.19 bits per heavy atom. The third-order valence-corrected chi connectivity index (χ3v) is 2.84. The van der Waals surface area contributed by atoms with Gasteiger partial charge in [0.05, 0.1) is 6.42 Å². The van der Waals surface area contributed by atoms with Gasteiger partial charge in [-0.05, 0) is 19.0 Å². The smallest absolute Gasteiger partial charge is 0.310 e. The standard InChI is InChI=1S/C13H17NO2/c1-14-8-7-12(10-14)16-13(15)9-11-5-3-2-4-6-11/h2-6,12H,7-10H2,1H3. The van der Waals surface area contributed by atoms with Crippen molar-refractivity contribution in [2.24, 2.45) is 0 Å². The highest BCUT2D eigenvalue weighted by Gasteiger charge is 2.22. The lowest BCUT2D eigenvalue weighted by Crippen LogP contribution is -2.23. The van der Waals surface area contributed by atoms with Crippen LogP contribution in [0.2, 0.25) is 0 Å². The molecular formula is C13H17NO2. The number of hydrogen-bond donors (Lipinski definition) is 0. The van der Waals surface area contributed by atoms with E-state index in [-0.39, 0.29) is 12.1 Å². The average molecular weight is 219 g/mol. The Morgan fingerprint density at radius 3 is 2.81 bits per heavy atom. The van der Waals surface area contributed by atoms with Crippen molar-refractivity contribution in [3.63, 3.8) is 0 Å². The van der Waals surface area contributed by atoms with Crippen LogP contribution < -0.4 is 0 Å². The molecule has 1 aromatic rings. The molecule has 1 saturated heterocycles. The van der Waals surface area contributed by atoms with Crippen LogP contribution in [0.15, 0.2) is 30.3 Å². The molecule has 3 nitrogen and oxygen atoms in total. The van der Waals surface area contributed by atoms with Gasteiger partial charge in [-0.25, -0.2) is 0 Å². The first kappa shape index (κ1) is 11.1. The summed E-state index contributed by atoms with van der Waals surface area (Å²) in [5.41, 5.74) is 1.01. The van der Waals surface area contributed by atoms with E-state index in [1.807, 2.05) is 37.4 Å². The Balaban J connectivity index is 1.81. The molecule has 0 radical (unpaired) electrons. The highest BCUT2D eigenvalue weighted by molar-refractivity contribution is 5.72. The van der Waals surface area contributed by atoms with Gasteiger partial charge in [-0.15, -0.1) is 0 Å². The molecule has 0 bridgehead atoms. The van der Waals surface area contributed by atoms with Gasteiger partial charge in [0.25, 0.3) is 0 Å². The zero-order valence-electron chi connectivity index (χ0n) is 9.56. The lowest BCUT2D eigenvalue weighted by molar-refractivity contribution is -0.147. The number of likely N-dealkylation sites (tertiary alicyclic amines) is 1. The molecule has 1 aliphatic rings. The summed E-state index contributed by atoms with van der Waals surface area (Å²) in [4.78, 5) is 13.8. The van der Waals surface area contributed by atoms with Crippen molar-refractivity contribution >= 4 is 5.97 Å². The maximum atomic E-state index is 11.6. The normalized spacial score (nSPS) is 20.9. The van der Waals surface area contributed by atoms with Crippen molar-refractivity contribution in [1.29, 1.82) is 0 Å². The molecule has 0 N–H and O–H groups in total. The van der Waals surface area contributed by atoms with E-state index in [4.69, 9.17) is 4.74 Å². The fraction of sp³-hybridized carbons (Fsp3) is 0.462. The zero-order chi connectivity index (χ0) is 11.4. The van der Waals surface area contributed by atoms with Crippen LogP contribution >= 0.6 is 0 Å². The van der Waals surface area contributed by atoms with Crippen molar-refractivity contribution in [3.05, 3.63) is 35.9 Å². The Hall–Kier alpha value is -1.35. The Kier molecular flexibility index (Phi) is 3.57. The first-order valence-corrected chi connectivity index (χ1v) is 5.66. The van der Waals surface area contributed by atoms with Gasteiger partial charge in [0.15, 0.2) is 0 Å². The molecule has 0 aromatic heterocycles. The molecule has 1 unspecified atom stereocenters. The minimum atomic E-state index is -0.119. The van der Waals surface area contributed by atoms with Gasteiger partial charge in [0, 0.05) is 13.1 Å². The van der Waals surface area contributed by atoms with Crippen LogP contribution in [0.25, 0.3) is 0 Å². The predicted molar refractivity (Wildman–Crippen MR) is 62.1 cm³/mol. The van der Waals surface area contributed by atoms with Crippen LogP contribution in [0.4, 0.5) is 0 Å². The molecule has 1 atom stereocenters. The maximum absolute atomic E-state index is 11.6. The van der Waals surface area contributed by atoms with Crippen molar-refractivity contribution in [3.8, 4) is 0 Å². The van der Waals surface area contributed by atoms with Gasteiger partial charge < -0.3 is 9.64 Å². The molecule has 1 fully saturated rings. The van der Waals surface area contributed by atoms with Crippen LogP contribution in [-0.4, -0.2) is 37.1 Å². The number of carbonyl (C=O) groups is 1. The van der Waals surface area contributed by atoms with E-state index in [1.165, 1.54) is 0 Å². The van der Waals surface area contributed by atoms with Gasteiger partial charge in [-0.1, -0.05) is 30.3 Å². The van der Waals surface area contributed by atoms with Crippen molar-refractivity contribution in [1.82, 2.24) is 4.90 Å². The molecule has 2 rings (SSSR count). The first-order valence-electron chi connectivity index (χ1n) is 5.66. The number of nitrogens with zero attached hydrogens (tertiary/aromatic N) is 1. The van der Waals surface area contributed by atoms with E-state index in [1.54, 1.807) is 0 Å². The third kappa shape index (κ3) is 3.07. The monoisotopic (exact) mass is 219 g/mol. The first-order chi connectivity index (χ1) is 7.74. The number of hydrogen-bond acceptors (Lipinski definition) is 3. The number of likely N-dealkylation sites (N-methyl/N-ethyl adjacent to an activating group) is 1. The van der Waals surface area contributed by atoms with Crippen LogP contribution in [-0.2, 0) is 16.0 Å². The Bertz CT molecular complexity index is 350. The van der Waals surface area contributed by atoms with Crippen LogP contribution in [0.1, 0.15) is 12.0 Å². The second kappa shape index (κ2) is 5.12. The average Bonchev–Trinajstić information content (AvgIpc) is 2.65. The lowest BCUT2D eigenvalue weighted by Gasteiger charge is -2.12. The summed E-state index contributed by atoms with van der Waals surface area (Å²) in [6.45, 7) is 1.88. The number of carbonyl (C=O) groups excluding carboxylic acids is 1. The molecule has 0 amide bonds. The van der Waals surface area contributed by atoms with Crippen LogP contribution in [0, 0.1) is 0 Å². The fourth-order valence-corrected chi connectivity index (χ4v) is 1.98. The van der Waals surface area contributed by atoms with E-state index in [0.717, 1.165) is 25.1 Å².